The van der Waals surface area contributed by atoms with Crippen LogP contribution in [0, 0.1) is 50.7 Å². The third-order valence-electron chi connectivity index (χ3n) is 15.7. The van der Waals surface area contributed by atoms with Crippen LogP contribution < -0.4 is 0 Å². The molecule has 0 saturated heterocycles. The van der Waals surface area contributed by atoms with Gasteiger partial charge in [0.25, 0.3) is 0 Å². The highest BCUT2D eigenvalue weighted by Crippen LogP contribution is 2.77. The normalized spacial score (nSPS) is 36.9. The molecule has 2 aromatic rings. The number of esters is 1. The molecule has 1 aromatic carbocycles. The molecule has 9 heteroatoms. The van der Waals surface area contributed by atoms with Crippen LogP contribution in [-0.4, -0.2) is 39.1 Å². The average molecular weight is 749 g/mol. The number of hydrogen-bond donors (Lipinski definition) is 1. The van der Waals surface area contributed by atoms with Gasteiger partial charge in [-0.15, -0.1) is 10.2 Å². The van der Waals surface area contributed by atoms with Crippen LogP contribution in [0.5, 0.6) is 0 Å². The van der Waals surface area contributed by atoms with Gasteiger partial charge in [-0.25, -0.2) is 0 Å². The molecule has 0 amide bonds. The molecule has 1 heterocycles. The largest absolute Gasteiger partial charge is 0.481 e. The van der Waals surface area contributed by atoms with Crippen LogP contribution in [-0.2, 0) is 24.5 Å². The number of carbonyl (C=O) groups is 3. The Morgan fingerprint density at radius 1 is 0.942 bits per heavy atom. The molecule has 4 saturated carbocycles. The lowest BCUT2D eigenvalue weighted by atomic mass is 9.33. The highest BCUT2D eigenvalue weighted by atomic mass is 35.5. The Balaban J connectivity index is 1.20. The SMILES string of the molecule is CC(C)C1=C2[C@H]3CC[C@@H]4[C@@]5(C)CC[C@H](OC(=O)CC(C)(C)C(=O)O)C(C)(C)[C@@H]5CC[C@@]4(C)[C@]3(C)CC[C@@]2(c2nnc(-c3ccc(Cl)cc3)s2)CC1=O. The fourth-order valence-corrected chi connectivity index (χ4v) is 14.0. The number of aliphatic carboxylic acids is 1. The summed E-state index contributed by atoms with van der Waals surface area (Å²) in [6.45, 7) is 19.8. The number of aromatic nitrogens is 2. The zero-order chi connectivity index (χ0) is 37.8. The molecule has 0 radical (unpaired) electrons. The van der Waals surface area contributed by atoms with Crippen LogP contribution in [0.1, 0.15) is 132 Å². The molecule has 0 bridgehead atoms. The predicted molar refractivity (Wildman–Crippen MR) is 205 cm³/mol. The molecule has 8 atom stereocenters. The van der Waals surface area contributed by atoms with Crippen LogP contribution in [0.4, 0.5) is 0 Å². The minimum absolute atomic E-state index is 0.0209. The molecule has 5 aliphatic rings. The molecule has 1 N–H and O–H groups in total. The van der Waals surface area contributed by atoms with E-state index in [1.54, 1.807) is 25.2 Å². The fraction of sp³-hybridized carbons (Fsp3) is 0.698. The van der Waals surface area contributed by atoms with Crippen molar-refractivity contribution in [2.75, 3.05) is 0 Å². The lowest BCUT2D eigenvalue weighted by molar-refractivity contribution is -0.232. The summed E-state index contributed by atoms with van der Waals surface area (Å²) in [6, 6.07) is 7.77. The first kappa shape index (κ1) is 37.7. The van der Waals surface area contributed by atoms with Gasteiger partial charge in [-0.05, 0) is 128 Å². The van der Waals surface area contributed by atoms with Crippen molar-refractivity contribution in [3.63, 3.8) is 0 Å². The van der Waals surface area contributed by atoms with Crippen molar-refractivity contribution in [1.82, 2.24) is 10.2 Å². The first-order chi connectivity index (χ1) is 24.2. The van der Waals surface area contributed by atoms with Crippen LogP contribution >= 0.6 is 22.9 Å². The van der Waals surface area contributed by atoms with Gasteiger partial charge >= 0.3 is 11.9 Å². The van der Waals surface area contributed by atoms with Gasteiger partial charge in [0.1, 0.15) is 16.1 Å². The van der Waals surface area contributed by atoms with Crippen molar-refractivity contribution in [3.05, 3.63) is 45.4 Å². The summed E-state index contributed by atoms with van der Waals surface area (Å²) in [6.07, 6.45) is 8.21. The minimum Gasteiger partial charge on any atom is -0.481 e. The van der Waals surface area contributed by atoms with E-state index < -0.39 is 22.8 Å². The van der Waals surface area contributed by atoms with E-state index in [1.807, 2.05) is 24.3 Å². The maximum Gasteiger partial charge on any atom is 0.309 e. The number of carbonyl (C=O) groups excluding carboxylic acids is 2. The summed E-state index contributed by atoms with van der Waals surface area (Å²) in [5.41, 5.74) is 1.82. The molecule has 0 spiro atoms. The number of allylic oxidation sites excluding steroid dienone is 2. The van der Waals surface area contributed by atoms with E-state index in [0.717, 1.165) is 72.5 Å². The molecule has 7 nitrogen and oxygen atoms in total. The number of carboxylic acids is 1. The first-order valence-corrected chi connectivity index (χ1v) is 20.7. The Hall–Kier alpha value is -2.58. The van der Waals surface area contributed by atoms with Gasteiger partial charge in [-0.2, -0.15) is 0 Å². The maximum atomic E-state index is 14.2. The second-order valence-electron chi connectivity index (χ2n) is 19.4. The second-order valence-corrected chi connectivity index (χ2v) is 20.8. The van der Waals surface area contributed by atoms with Crippen molar-refractivity contribution in [2.45, 2.75) is 138 Å². The molecule has 0 unspecified atom stereocenters. The maximum absolute atomic E-state index is 14.2. The van der Waals surface area contributed by atoms with Crippen LogP contribution in [0.2, 0.25) is 5.02 Å². The summed E-state index contributed by atoms with van der Waals surface area (Å²) >= 11 is 7.85. The summed E-state index contributed by atoms with van der Waals surface area (Å²) in [7, 11) is 0. The van der Waals surface area contributed by atoms with E-state index in [9.17, 15) is 19.5 Å². The first-order valence-electron chi connectivity index (χ1n) is 19.5. The minimum atomic E-state index is -1.16. The number of Topliss-reactive ketones (excluding diaryl/α,β-unsaturated/α-hetero) is 1. The molecule has 0 aliphatic heterocycles. The molecule has 7 rings (SSSR count). The molecule has 5 aliphatic carbocycles. The zero-order valence-electron chi connectivity index (χ0n) is 32.5. The molecule has 1 aromatic heterocycles. The van der Waals surface area contributed by atoms with Crippen molar-refractivity contribution < 1.29 is 24.2 Å². The number of fused-ring (bicyclic) bond motifs is 7. The van der Waals surface area contributed by atoms with E-state index in [2.05, 4.69) is 48.5 Å². The van der Waals surface area contributed by atoms with E-state index in [1.165, 1.54) is 5.57 Å². The Morgan fingerprint density at radius 3 is 2.29 bits per heavy atom. The Labute approximate surface area is 318 Å². The van der Waals surface area contributed by atoms with Gasteiger partial charge in [0.15, 0.2) is 5.78 Å². The fourth-order valence-electron chi connectivity index (χ4n) is 12.8. The number of carboxylic acid groups (broad SMARTS) is 1. The Bertz CT molecular complexity index is 1830. The average Bonchev–Trinajstić information content (AvgIpc) is 3.66. The van der Waals surface area contributed by atoms with Gasteiger partial charge in [0, 0.05) is 22.4 Å². The van der Waals surface area contributed by atoms with E-state index in [4.69, 9.17) is 26.5 Å². The van der Waals surface area contributed by atoms with Gasteiger partial charge in [-0.1, -0.05) is 83.5 Å². The number of benzene rings is 1. The molecular weight excluding hydrogens is 692 g/mol. The highest BCUT2D eigenvalue weighted by molar-refractivity contribution is 7.14. The summed E-state index contributed by atoms with van der Waals surface area (Å²) in [5, 5.41) is 21.7. The topological polar surface area (TPSA) is 106 Å². The Morgan fingerprint density at radius 2 is 1.63 bits per heavy atom. The molecular formula is C43H57ClN2O5S. The van der Waals surface area contributed by atoms with E-state index >= 15 is 0 Å². The lowest BCUT2D eigenvalue weighted by Gasteiger charge is -2.72. The summed E-state index contributed by atoms with van der Waals surface area (Å²) in [4.78, 5) is 39.0. The number of ether oxygens (including phenoxy) is 1. The van der Waals surface area contributed by atoms with E-state index in [-0.39, 0.29) is 40.1 Å². The number of hydrogen-bond acceptors (Lipinski definition) is 7. The Kier molecular flexibility index (Phi) is 9.05. The van der Waals surface area contributed by atoms with Gasteiger partial charge < -0.3 is 9.84 Å². The van der Waals surface area contributed by atoms with Crippen molar-refractivity contribution >= 4 is 40.7 Å². The number of nitrogens with zero attached hydrogens (tertiary/aromatic N) is 2. The standard InChI is InChI=1S/C43H57ClN2O5S/c1-24(2)33-28(47)22-43(36-46-45-35(52-36)25-10-12-26(44)13-11-25)21-20-41(8)27(34(33)43)14-15-30-40(7)18-17-31(51-32(48)23-38(3,4)37(49)50)39(5,6)29(40)16-19-42(30,41)9/h10-13,24,27,29-31H,14-23H2,1-9H3,(H,49,50)/t27-,29+,30-,31+,40+,41-,42-,43-/m1/s1. The number of ketones is 1. The second kappa shape index (κ2) is 12.5. The van der Waals surface area contributed by atoms with Gasteiger partial charge in [0.2, 0.25) is 0 Å². The van der Waals surface area contributed by atoms with Crippen molar-refractivity contribution in [2.24, 2.45) is 50.7 Å². The van der Waals surface area contributed by atoms with Crippen LogP contribution in [0.15, 0.2) is 35.4 Å². The summed E-state index contributed by atoms with van der Waals surface area (Å²) in [5.74, 6) is 0.233. The number of halogens is 1. The van der Waals surface area contributed by atoms with Crippen molar-refractivity contribution in [1.29, 1.82) is 0 Å². The van der Waals surface area contributed by atoms with Crippen molar-refractivity contribution in [3.8, 4) is 10.6 Å². The molecule has 4 fully saturated rings. The monoisotopic (exact) mass is 748 g/mol. The third-order valence-corrected chi connectivity index (χ3v) is 17.2. The predicted octanol–water partition coefficient (Wildman–Crippen LogP) is 10.5. The molecule has 282 valence electrons. The smallest absolute Gasteiger partial charge is 0.309 e. The lowest BCUT2D eigenvalue weighted by Crippen LogP contribution is -2.66. The van der Waals surface area contributed by atoms with E-state index in [0.29, 0.717) is 35.0 Å². The summed E-state index contributed by atoms with van der Waals surface area (Å²) < 4.78 is 6.18. The number of rotatable bonds is 7. The van der Waals surface area contributed by atoms with Gasteiger partial charge in [-0.3, -0.25) is 14.4 Å². The quantitative estimate of drug-likeness (QED) is 0.281. The van der Waals surface area contributed by atoms with Gasteiger partial charge in [0.05, 0.1) is 17.3 Å². The zero-order valence-corrected chi connectivity index (χ0v) is 34.1. The highest BCUT2D eigenvalue weighted by Gasteiger charge is 2.70. The van der Waals surface area contributed by atoms with Crippen LogP contribution in [0.25, 0.3) is 10.6 Å². The third kappa shape index (κ3) is 5.41. The molecule has 52 heavy (non-hydrogen) atoms. The van der Waals surface area contributed by atoms with Crippen LogP contribution in [0.3, 0.4) is 0 Å².